The molecule has 1 N–H and O–H groups in total. The fourth-order valence-corrected chi connectivity index (χ4v) is 2.88. The number of fused-ring (bicyclic) bond motifs is 1. The molecule has 0 amide bonds. The fourth-order valence-electron chi connectivity index (χ4n) is 1.13. The molecule has 0 aromatic carbocycles. The molecule has 2 aromatic heterocycles. The molecule has 5 heteroatoms. The second-order valence-corrected chi connectivity index (χ2v) is 4.58. The van der Waals surface area contributed by atoms with Crippen molar-refractivity contribution in [3.63, 3.8) is 0 Å². The van der Waals surface area contributed by atoms with Crippen LogP contribution in [0.3, 0.4) is 0 Å². The first-order chi connectivity index (χ1) is 6.31. The van der Waals surface area contributed by atoms with Crippen LogP contribution in [-0.4, -0.2) is 16.2 Å². The zero-order chi connectivity index (χ0) is 9.26. The van der Waals surface area contributed by atoms with E-state index in [1.807, 2.05) is 12.3 Å². The van der Waals surface area contributed by atoms with Crippen molar-refractivity contribution >= 4 is 33.3 Å². The molecular formula is C8H8N2OS2. The van der Waals surface area contributed by atoms with Gasteiger partial charge in [-0.2, -0.15) is 11.8 Å². The summed E-state index contributed by atoms with van der Waals surface area (Å²) in [6.07, 6.45) is 3.49. The number of thiophene rings is 1. The summed E-state index contributed by atoms with van der Waals surface area (Å²) in [6, 6.07) is 1.92. The van der Waals surface area contributed by atoms with Gasteiger partial charge in [0.2, 0.25) is 0 Å². The molecule has 2 heterocycles. The molecule has 0 aliphatic carbocycles. The summed E-state index contributed by atoms with van der Waals surface area (Å²) >= 11 is 3.33. The molecular weight excluding hydrogens is 204 g/mol. The van der Waals surface area contributed by atoms with Crippen molar-refractivity contribution in [3.8, 4) is 0 Å². The van der Waals surface area contributed by atoms with Crippen LogP contribution < -0.4 is 5.56 Å². The predicted molar refractivity (Wildman–Crippen MR) is 57.5 cm³/mol. The van der Waals surface area contributed by atoms with Gasteiger partial charge >= 0.3 is 0 Å². The lowest BCUT2D eigenvalue weighted by molar-refractivity contribution is 1.18. The largest absolute Gasteiger partial charge is 0.313 e. The minimum absolute atomic E-state index is 0.0476. The molecule has 3 nitrogen and oxygen atoms in total. The van der Waals surface area contributed by atoms with E-state index < -0.39 is 0 Å². The van der Waals surface area contributed by atoms with E-state index in [-0.39, 0.29) is 5.56 Å². The van der Waals surface area contributed by atoms with Crippen LogP contribution in [0.1, 0.15) is 4.88 Å². The van der Waals surface area contributed by atoms with E-state index in [1.165, 1.54) is 11.2 Å². The number of hydrogen-bond donors (Lipinski definition) is 1. The number of rotatable bonds is 2. The first-order valence-corrected chi connectivity index (χ1v) is 5.97. The third kappa shape index (κ3) is 1.62. The number of nitrogens with zero attached hydrogens (tertiary/aromatic N) is 1. The first-order valence-electron chi connectivity index (χ1n) is 3.76. The highest BCUT2D eigenvalue weighted by atomic mass is 32.2. The van der Waals surface area contributed by atoms with Crippen molar-refractivity contribution in [2.24, 2.45) is 0 Å². The molecule has 0 saturated heterocycles. The monoisotopic (exact) mass is 212 g/mol. The second-order valence-electron chi connectivity index (χ2n) is 2.60. The number of nitrogens with one attached hydrogen (secondary N) is 1. The highest BCUT2D eigenvalue weighted by Crippen LogP contribution is 2.23. The maximum atomic E-state index is 11.3. The highest BCUT2D eigenvalue weighted by molar-refractivity contribution is 7.97. The zero-order valence-corrected chi connectivity index (χ0v) is 8.67. The standard InChI is InChI=1S/C8H8N2OS2/c1-12-3-5-2-6-7(11)9-4-10-8(6)13-5/h2,4H,3H2,1H3,(H,9,10,11). The van der Waals surface area contributed by atoms with Crippen molar-refractivity contribution in [1.82, 2.24) is 9.97 Å². The van der Waals surface area contributed by atoms with Gasteiger partial charge in [-0.25, -0.2) is 4.98 Å². The maximum absolute atomic E-state index is 11.3. The molecule has 0 aliphatic heterocycles. The number of H-pyrrole nitrogens is 1. The van der Waals surface area contributed by atoms with E-state index in [4.69, 9.17) is 0 Å². The summed E-state index contributed by atoms with van der Waals surface area (Å²) in [4.78, 5) is 20.0. The van der Waals surface area contributed by atoms with Crippen LogP contribution in [0.2, 0.25) is 0 Å². The Bertz CT molecular complexity index is 474. The smallest absolute Gasteiger partial charge is 0.259 e. The molecule has 0 atom stereocenters. The fraction of sp³-hybridized carbons (Fsp3) is 0.250. The van der Waals surface area contributed by atoms with Crippen molar-refractivity contribution in [2.75, 3.05) is 6.26 Å². The minimum atomic E-state index is -0.0476. The van der Waals surface area contributed by atoms with E-state index in [9.17, 15) is 4.79 Å². The first kappa shape index (κ1) is 8.77. The molecule has 0 aliphatic rings. The van der Waals surface area contributed by atoms with Crippen LogP contribution in [0.5, 0.6) is 0 Å². The molecule has 2 aromatic rings. The molecule has 13 heavy (non-hydrogen) atoms. The van der Waals surface area contributed by atoms with Gasteiger partial charge in [0.1, 0.15) is 4.83 Å². The number of aromatic amines is 1. The molecule has 0 spiro atoms. The van der Waals surface area contributed by atoms with E-state index in [1.54, 1.807) is 23.1 Å². The van der Waals surface area contributed by atoms with E-state index in [2.05, 4.69) is 9.97 Å². The van der Waals surface area contributed by atoms with Gasteiger partial charge in [0.05, 0.1) is 11.7 Å². The van der Waals surface area contributed by atoms with E-state index >= 15 is 0 Å². The lowest BCUT2D eigenvalue weighted by atomic mass is 10.4. The van der Waals surface area contributed by atoms with Crippen molar-refractivity contribution < 1.29 is 0 Å². The lowest BCUT2D eigenvalue weighted by Crippen LogP contribution is -2.03. The molecule has 0 fully saturated rings. The van der Waals surface area contributed by atoms with Crippen LogP contribution in [0.25, 0.3) is 10.2 Å². The van der Waals surface area contributed by atoms with Crippen molar-refractivity contribution in [1.29, 1.82) is 0 Å². The lowest BCUT2D eigenvalue weighted by Gasteiger charge is -1.86. The Morgan fingerprint density at radius 1 is 1.69 bits per heavy atom. The topological polar surface area (TPSA) is 45.8 Å². The Morgan fingerprint density at radius 3 is 3.23 bits per heavy atom. The Hall–Kier alpha value is -0.810. The van der Waals surface area contributed by atoms with Gasteiger partial charge in [-0.15, -0.1) is 11.3 Å². The molecule has 0 radical (unpaired) electrons. The summed E-state index contributed by atoms with van der Waals surface area (Å²) in [6.45, 7) is 0. The number of hydrogen-bond acceptors (Lipinski definition) is 4. The molecule has 2 rings (SSSR count). The predicted octanol–water partition coefficient (Wildman–Crippen LogP) is 1.85. The zero-order valence-electron chi connectivity index (χ0n) is 7.03. The van der Waals surface area contributed by atoms with Crippen molar-refractivity contribution in [2.45, 2.75) is 5.75 Å². The highest BCUT2D eigenvalue weighted by Gasteiger charge is 2.04. The van der Waals surface area contributed by atoms with Gasteiger partial charge in [0.15, 0.2) is 0 Å². The van der Waals surface area contributed by atoms with Gasteiger partial charge in [0.25, 0.3) is 5.56 Å². The molecule has 68 valence electrons. The number of thioether (sulfide) groups is 1. The summed E-state index contributed by atoms with van der Waals surface area (Å²) in [7, 11) is 0. The Balaban J connectivity index is 2.62. The van der Waals surface area contributed by atoms with Gasteiger partial charge in [-0.3, -0.25) is 4.79 Å². The average molecular weight is 212 g/mol. The summed E-state index contributed by atoms with van der Waals surface area (Å²) in [5.74, 6) is 0.945. The van der Waals surface area contributed by atoms with Crippen LogP contribution in [-0.2, 0) is 5.75 Å². The molecule has 0 bridgehead atoms. The Labute approximate surface area is 83.2 Å². The summed E-state index contributed by atoms with van der Waals surface area (Å²) in [5.41, 5.74) is -0.0476. The maximum Gasteiger partial charge on any atom is 0.259 e. The van der Waals surface area contributed by atoms with Gasteiger partial charge in [-0.05, 0) is 12.3 Å². The second kappa shape index (κ2) is 3.51. The third-order valence-electron chi connectivity index (χ3n) is 1.67. The van der Waals surface area contributed by atoms with Crippen LogP contribution in [0, 0.1) is 0 Å². The Morgan fingerprint density at radius 2 is 2.54 bits per heavy atom. The van der Waals surface area contributed by atoms with E-state index in [0.717, 1.165) is 10.6 Å². The van der Waals surface area contributed by atoms with E-state index in [0.29, 0.717) is 5.39 Å². The Kier molecular flexibility index (Phi) is 2.37. The molecule has 0 saturated carbocycles. The van der Waals surface area contributed by atoms with Gasteiger partial charge < -0.3 is 4.98 Å². The van der Waals surface area contributed by atoms with Crippen molar-refractivity contribution in [3.05, 3.63) is 27.6 Å². The summed E-state index contributed by atoms with van der Waals surface area (Å²) in [5, 5.41) is 0.705. The SMILES string of the molecule is CSCc1cc2c(=O)[nH]cnc2s1. The number of aromatic nitrogens is 2. The van der Waals surface area contributed by atoms with Crippen LogP contribution in [0.4, 0.5) is 0 Å². The average Bonchev–Trinajstić information content (AvgIpc) is 2.49. The summed E-state index contributed by atoms with van der Waals surface area (Å²) < 4.78 is 0. The minimum Gasteiger partial charge on any atom is -0.313 e. The third-order valence-corrected chi connectivity index (χ3v) is 3.50. The normalized spacial score (nSPS) is 10.8. The quantitative estimate of drug-likeness (QED) is 0.826. The molecule has 0 unspecified atom stereocenters. The van der Waals surface area contributed by atoms with Gasteiger partial charge in [-0.1, -0.05) is 0 Å². The van der Waals surface area contributed by atoms with Crippen LogP contribution in [0.15, 0.2) is 17.2 Å². The van der Waals surface area contributed by atoms with Gasteiger partial charge in [0, 0.05) is 10.6 Å². The van der Waals surface area contributed by atoms with Crippen LogP contribution >= 0.6 is 23.1 Å².